The molecule has 0 aliphatic heterocycles. The first-order chi connectivity index (χ1) is 9.08. The van der Waals surface area contributed by atoms with Crippen LogP contribution in [-0.2, 0) is 0 Å². The molecule has 0 radical (unpaired) electrons. The second kappa shape index (κ2) is 6.04. The van der Waals surface area contributed by atoms with Crippen LogP contribution in [-0.4, -0.2) is 11.0 Å². The fourth-order valence-electron chi connectivity index (χ4n) is 2.98. The number of nitro groups is 1. The van der Waals surface area contributed by atoms with Crippen molar-refractivity contribution >= 4 is 11.4 Å². The average molecular weight is 262 g/mol. The standard InChI is InChI=1S/C15H22N2O2/c1-3-12-5-4-6-13(9-12)16-14-7-11(2)8-15(10-14)17(18)19/h7-8,10,12-13,16H,3-6,9H2,1-2H3. The minimum atomic E-state index is -0.325. The van der Waals surface area contributed by atoms with Crippen molar-refractivity contribution in [2.24, 2.45) is 5.92 Å². The minimum absolute atomic E-state index is 0.172. The molecule has 1 saturated carbocycles. The summed E-state index contributed by atoms with van der Waals surface area (Å²) < 4.78 is 0. The first-order valence-corrected chi connectivity index (χ1v) is 7.11. The summed E-state index contributed by atoms with van der Waals surface area (Å²) in [6.45, 7) is 4.14. The summed E-state index contributed by atoms with van der Waals surface area (Å²) in [7, 11) is 0. The van der Waals surface area contributed by atoms with Gasteiger partial charge in [-0.25, -0.2) is 0 Å². The summed E-state index contributed by atoms with van der Waals surface area (Å²) in [5, 5.41) is 14.4. The number of nitro benzene ring substituents is 1. The number of nitrogens with zero attached hydrogens (tertiary/aromatic N) is 1. The Morgan fingerprint density at radius 1 is 1.37 bits per heavy atom. The smallest absolute Gasteiger partial charge is 0.271 e. The van der Waals surface area contributed by atoms with Crippen molar-refractivity contribution in [1.82, 2.24) is 0 Å². The summed E-state index contributed by atoms with van der Waals surface area (Å²) in [5.74, 6) is 0.797. The van der Waals surface area contributed by atoms with Gasteiger partial charge in [0.25, 0.3) is 5.69 Å². The van der Waals surface area contributed by atoms with Crippen LogP contribution in [0.25, 0.3) is 0 Å². The summed E-state index contributed by atoms with van der Waals surface area (Å²) in [6, 6.07) is 5.70. The average Bonchev–Trinajstić information content (AvgIpc) is 2.38. The van der Waals surface area contributed by atoms with Crippen molar-refractivity contribution in [3.05, 3.63) is 33.9 Å². The molecular formula is C15H22N2O2. The maximum atomic E-state index is 10.9. The second-order valence-corrected chi connectivity index (χ2v) is 5.60. The lowest BCUT2D eigenvalue weighted by Crippen LogP contribution is -2.27. The van der Waals surface area contributed by atoms with Gasteiger partial charge >= 0.3 is 0 Å². The van der Waals surface area contributed by atoms with Gasteiger partial charge in [-0.2, -0.15) is 0 Å². The Bertz CT molecular complexity index is 459. The summed E-state index contributed by atoms with van der Waals surface area (Å²) in [5.41, 5.74) is 1.98. The first kappa shape index (κ1) is 13.8. The molecule has 4 nitrogen and oxygen atoms in total. The van der Waals surface area contributed by atoms with Gasteiger partial charge in [0.15, 0.2) is 0 Å². The number of rotatable bonds is 4. The lowest BCUT2D eigenvalue weighted by atomic mass is 9.84. The predicted molar refractivity (Wildman–Crippen MR) is 77.5 cm³/mol. The van der Waals surface area contributed by atoms with Crippen LogP contribution in [0.3, 0.4) is 0 Å². The normalized spacial score (nSPS) is 23.1. The van der Waals surface area contributed by atoms with E-state index in [0.717, 1.165) is 23.6 Å². The molecule has 4 heteroatoms. The topological polar surface area (TPSA) is 55.2 Å². The van der Waals surface area contributed by atoms with E-state index in [4.69, 9.17) is 0 Å². The molecule has 0 bridgehead atoms. The molecule has 0 saturated heterocycles. The monoisotopic (exact) mass is 262 g/mol. The molecule has 1 aromatic rings. The van der Waals surface area contributed by atoms with Crippen molar-refractivity contribution in [3.8, 4) is 0 Å². The third kappa shape index (κ3) is 3.69. The number of hydrogen-bond acceptors (Lipinski definition) is 3. The van der Waals surface area contributed by atoms with E-state index in [2.05, 4.69) is 12.2 Å². The molecule has 0 heterocycles. The SMILES string of the molecule is CCC1CCCC(Nc2cc(C)cc([N+](=O)[O-])c2)C1. The van der Waals surface area contributed by atoms with Crippen LogP contribution in [0, 0.1) is 23.0 Å². The van der Waals surface area contributed by atoms with Crippen molar-refractivity contribution in [3.63, 3.8) is 0 Å². The fraction of sp³-hybridized carbons (Fsp3) is 0.600. The lowest BCUT2D eigenvalue weighted by molar-refractivity contribution is -0.384. The molecule has 0 spiro atoms. The molecule has 19 heavy (non-hydrogen) atoms. The van der Waals surface area contributed by atoms with Gasteiger partial charge in [-0.3, -0.25) is 10.1 Å². The van der Waals surface area contributed by atoms with Crippen LogP contribution in [0.2, 0.25) is 0 Å². The second-order valence-electron chi connectivity index (χ2n) is 5.60. The van der Waals surface area contributed by atoms with Gasteiger partial charge < -0.3 is 5.32 Å². The maximum absolute atomic E-state index is 10.9. The van der Waals surface area contributed by atoms with Crippen LogP contribution in [0.1, 0.15) is 44.6 Å². The number of benzene rings is 1. The van der Waals surface area contributed by atoms with E-state index in [1.165, 1.54) is 25.7 Å². The third-order valence-electron chi connectivity index (χ3n) is 4.00. The van der Waals surface area contributed by atoms with E-state index in [1.54, 1.807) is 12.1 Å². The highest BCUT2D eigenvalue weighted by Crippen LogP contribution is 2.29. The van der Waals surface area contributed by atoms with Crippen molar-refractivity contribution < 1.29 is 4.92 Å². The third-order valence-corrected chi connectivity index (χ3v) is 4.00. The Labute approximate surface area is 114 Å². The number of aryl methyl sites for hydroxylation is 1. The van der Waals surface area contributed by atoms with Crippen LogP contribution in [0.15, 0.2) is 18.2 Å². The zero-order chi connectivity index (χ0) is 13.8. The van der Waals surface area contributed by atoms with Gasteiger partial charge in [0, 0.05) is 23.9 Å². The highest BCUT2D eigenvalue weighted by atomic mass is 16.6. The van der Waals surface area contributed by atoms with Crippen molar-refractivity contribution in [2.45, 2.75) is 52.0 Å². The van der Waals surface area contributed by atoms with Crippen LogP contribution in [0.5, 0.6) is 0 Å². The molecule has 2 atom stereocenters. The molecule has 104 valence electrons. The Morgan fingerprint density at radius 2 is 2.16 bits per heavy atom. The van der Waals surface area contributed by atoms with Gasteiger partial charge in [-0.05, 0) is 37.3 Å². The van der Waals surface area contributed by atoms with Gasteiger partial charge in [0.1, 0.15) is 0 Å². The summed E-state index contributed by atoms with van der Waals surface area (Å²) in [6.07, 6.45) is 6.15. The summed E-state index contributed by atoms with van der Waals surface area (Å²) >= 11 is 0. The highest BCUT2D eigenvalue weighted by Gasteiger charge is 2.21. The zero-order valence-electron chi connectivity index (χ0n) is 11.7. The Hall–Kier alpha value is -1.58. The van der Waals surface area contributed by atoms with E-state index in [-0.39, 0.29) is 10.6 Å². The minimum Gasteiger partial charge on any atom is -0.382 e. The van der Waals surface area contributed by atoms with E-state index < -0.39 is 0 Å². The fourth-order valence-corrected chi connectivity index (χ4v) is 2.98. The van der Waals surface area contributed by atoms with Crippen LogP contribution >= 0.6 is 0 Å². The number of nitrogens with one attached hydrogen (secondary N) is 1. The van der Waals surface area contributed by atoms with Gasteiger partial charge in [-0.1, -0.05) is 26.2 Å². The molecule has 0 aromatic heterocycles. The van der Waals surface area contributed by atoms with E-state index in [0.29, 0.717) is 6.04 Å². The molecule has 1 aliphatic rings. The number of hydrogen-bond donors (Lipinski definition) is 1. The predicted octanol–water partition coefficient (Wildman–Crippen LogP) is 4.28. The Kier molecular flexibility index (Phi) is 4.40. The van der Waals surface area contributed by atoms with Crippen LogP contribution < -0.4 is 5.32 Å². The Morgan fingerprint density at radius 3 is 2.84 bits per heavy atom. The zero-order valence-corrected chi connectivity index (χ0v) is 11.7. The largest absolute Gasteiger partial charge is 0.382 e. The van der Waals surface area contributed by atoms with Crippen LogP contribution in [0.4, 0.5) is 11.4 Å². The molecule has 1 aromatic carbocycles. The quantitative estimate of drug-likeness (QED) is 0.650. The van der Waals surface area contributed by atoms with Crippen molar-refractivity contribution in [2.75, 3.05) is 5.32 Å². The number of anilines is 1. The van der Waals surface area contributed by atoms with E-state index >= 15 is 0 Å². The van der Waals surface area contributed by atoms with E-state index in [9.17, 15) is 10.1 Å². The first-order valence-electron chi connectivity index (χ1n) is 7.11. The lowest BCUT2D eigenvalue weighted by Gasteiger charge is -2.29. The van der Waals surface area contributed by atoms with E-state index in [1.807, 2.05) is 13.0 Å². The van der Waals surface area contributed by atoms with Gasteiger partial charge in [-0.15, -0.1) is 0 Å². The molecule has 2 rings (SSSR count). The summed E-state index contributed by atoms with van der Waals surface area (Å²) in [4.78, 5) is 10.5. The maximum Gasteiger partial charge on any atom is 0.271 e. The molecular weight excluding hydrogens is 240 g/mol. The van der Waals surface area contributed by atoms with Crippen molar-refractivity contribution in [1.29, 1.82) is 0 Å². The number of non-ortho nitro benzene ring substituents is 1. The molecule has 0 amide bonds. The Balaban J connectivity index is 2.08. The molecule has 1 aliphatic carbocycles. The van der Waals surface area contributed by atoms with Gasteiger partial charge in [0.2, 0.25) is 0 Å². The van der Waals surface area contributed by atoms with Gasteiger partial charge in [0.05, 0.1) is 4.92 Å². The molecule has 2 unspecified atom stereocenters. The molecule has 1 fully saturated rings. The highest BCUT2D eigenvalue weighted by molar-refractivity contribution is 5.54. The molecule has 1 N–H and O–H groups in total.